The molecule has 7 nitrogen and oxygen atoms in total. The normalized spacial score (nSPS) is 21.4. The maximum Gasteiger partial charge on any atom is 0.224 e. The van der Waals surface area contributed by atoms with Crippen LogP contribution in [-0.2, 0) is 28.0 Å². The topological polar surface area (TPSA) is 79.6 Å². The van der Waals surface area contributed by atoms with Crippen LogP contribution in [0, 0.1) is 18.7 Å². The molecule has 8 heteroatoms. The van der Waals surface area contributed by atoms with Crippen LogP contribution in [0.5, 0.6) is 0 Å². The van der Waals surface area contributed by atoms with Gasteiger partial charge in [-0.2, -0.15) is 0 Å². The number of ether oxygens (including phenoxy) is 1. The van der Waals surface area contributed by atoms with Gasteiger partial charge in [-0.1, -0.05) is 25.1 Å². The van der Waals surface area contributed by atoms with Crippen molar-refractivity contribution in [2.45, 2.75) is 71.1 Å². The van der Waals surface area contributed by atoms with Gasteiger partial charge in [0.15, 0.2) is 0 Å². The number of aromatic nitrogens is 2. The standard InChI is InChI=1S/C32H41FN4O3/c1-6-28(38)35-24-9-8-22-15-21(16-23(22)17-24)18-36-13-11-26(27(19-36)40-5)37-14-12-34-31(37)29-25(32(3,4)39)10-7-20(2)30(29)33/h7-10,12,14,17,21,26-27,39H,6,11,13,15-16,18-19H2,1-5H3,(H,35,38)/t21-,26-,27-/m1/s1. The Labute approximate surface area is 236 Å². The van der Waals surface area contributed by atoms with Crippen molar-refractivity contribution in [3.05, 3.63) is 70.8 Å². The minimum absolute atomic E-state index is 0.00109. The molecular formula is C32H41FN4O3. The number of imidazole rings is 1. The minimum atomic E-state index is -1.22. The average Bonchev–Trinajstić information content (AvgIpc) is 3.55. The Morgan fingerprint density at radius 1 is 1.23 bits per heavy atom. The van der Waals surface area contributed by atoms with Crippen LogP contribution in [0.1, 0.15) is 61.9 Å². The minimum Gasteiger partial charge on any atom is -0.386 e. The molecule has 1 saturated heterocycles. The van der Waals surface area contributed by atoms with Crippen molar-refractivity contribution in [3.63, 3.8) is 0 Å². The second-order valence-electron chi connectivity index (χ2n) is 11.9. The molecule has 0 saturated carbocycles. The lowest BCUT2D eigenvalue weighted by Gasteiger charge is -2.40. The summed E-state index contributed by atoms with van der Waals surface area (Å²) in [4.78, 5) is 18.9. The van der Waals surface area contributed by atoms with Crippen molar-refractivity contribution < 1.29 is 19.0 Å². The molecule has 1 aliphatic heterocycles. The van der Waals surface area contributed by atoms with Gasteiger partial charge in [-0.25, -0.2) is 9.37 Å². The van der Waals surface area contributed by atoms with Gasteiger partial charge in [0.2, 0.25) is 5.91 Å². The zero-order valence-corrected chi connectivity index (χ0v) is 24.2. The number of benzene rings is 2. The van der Waals surface area contributed by atoms with E-state index in [1.807, 2.05) is 23.8 Å². The molecule has 0 radical (unpaired) electrons. The van der Waals surface area contributed by atoms with Crippen LogP contribution in [0.25, 0.3) is 11.4 Å². The van der Waals surface area contributed by atoms with E-state index in [0.717, 1.165) is 44.6 Å². The Hall–Kier alpha value is -3.07. The number of nitrogens with one attached hydrogen (secondary N) is 1. The molecule has 0 spiro atoms. The quantitative estimate of drug-likeness (QED) is 0.402. The SMILES string of the molecule is CCC(=O)Nc1ccc2c(c1)C[C@H](CN1CC[C@@H](n3ccnc3-c3c(C(C)(C)O)ccc(C)c3F)[C@H](OC)C1)C2. The first-order valence-corrected chi connectivity index (χ1v) is 14.3. The van der Waals surface area contributed by atoms with E-state index in [-0.39, 0.29) is 23.9 Å². The first-order valence-electron chi connectivity index (χ1n) is 14.3. The second kappa shape index (κ2) is 11.4. The molecular weight excluding hydrogens is 507 g/mol. The molecule has 1 amide bonds. The number of hydrogen-bond donors (Lipinski definition) is 2. The third-order valence-electron chi connectivity index (χ3n) is 8.50. The summed E-state index contributed by atoms with van der Waals surface area (Å²) in [6.45, 7) is 9.60. The molecule has 5 rings (SSSR count). The van der Waals surface area contributed by atoms with Gasteiger partial charge in [0.25, 0.3) is 0 Å². The zero-order chi connectivity index (χ0) is 28.6. The van der Waals surface area contributed by atoms with E-state index in [9.17, 15) is 9.90 Å². The monoisotopic (exact) mass is 548 g/mol. The van der Waals surface area contributed by atoms with E-state index in [4.69, 9.17) is 4.74 Å². The number of nitrogens with zero attached hydrogens (tertiary/aromatic N) is 3. The highest BCUT2D eigenvalue weighted by atomic mass is 19.1. The highest BCUT2D eigenvalue weighted by molar-refractivity contribution is 5.90. The van der Waals surface area contributed by atoms with Gasteiger partial charge in [0, 0.05) is 51.2 Å². The number of rotatable bonds is 8. The van der Waals surface area contributed by atoms with Gasteiger partial charge in [-0.05, 0) is 80.3 Å². The summed E-state index contributed by atoms with van der Waals surface area (Å²) < 4.78 is 23.6. The summed E-state index contributed by atoms with van der Waals surface area (Å²) in [7, 11) is 1.74. The Morgan fingerprint density at radius 3 is 2.73 bits per heavy atom. The maximum absolute atomic E-state index is 15.6. The number of amides is 1. The van der Waals surface area contributed by atoms with Crippen molar-refractivity contribution in [2.75, 3.05) is 32.1 Å². The Kier molecular flexibility index (Phi) is 8.13. The fourth-order valence-electron chi connectivity index (χ4n) is 6.40. The highest BCUT2D eigenvalue weighted by Crippen LogP contribution is 2.38. The molecule has 40 heavy (non-hydrogen) atoms. The molecule has 1 aliphatic carbocycles. The number of hydrogen-bond acceptors (Lipinski definition) is 5. The van der Waals surface area contributed by atoms with Crippen LogP contribution < -0.4 is 5.32 Å². The molecule has 2 aliphatic rings. The van der Waals surface area contributed by atoms with E-state index in [0.29, 0.717) is 34.9 Å². The maximum atomic E-state index is 15.6. The Balaban J connectivity index is 1.30. The molecule has 2 heterocycles. The molecule has 3 atom stereocenters. The summed E-state index contributed by atoms with van der Waals surface area (Å²) in [5.74, 6) is 0.721. The van der Waals surface area contributed by atoms with E-state index < -0.39 is 5.60 Å². The number of carbonyl (C=O) groups is 1. The lowest BCUT2D eigenvalue weighted by atomic mass is 9.90. The largest absolute Gasteiger partial charge is 0.386 e. The number of methoxy groups -OCH3 is 1. The first-order chi connectivity index (χ1) is 19.1. The second-order valence-corrected chi connectivity index (χ2v) is 11.9. The molecule has 3 aromatic rings. The number of anilines is 1. The van der Waals surface area contributed by atoms with Crippen molar-refractivity contribution in [2.24, 2.45) is 5.92 Å². The third kappa shape index (κ3) is 5.71. The molecule has 0 unspecified atom stereocenters. The van der Waals surface area contributed by atoms with Gasteiger partial charge in [-0.15, -0.1) is 0 Å². The van der Waals surface area contributed by atoms with Gasteiger partial charge in [-0.3, -0.25) is 4.79 Å². The fraction of sp³-hybridized carbons (Fsp3) is 0.500. The van der Waals surface area contributed by atoms with Crippen molar-refractivity contribution in [1.82, 2.24) is 14.5 Å². The highest BCUT2D eigenvalue weighted by Gasteiger charge is 2.35. The predicted molar refractivity (Wildman–Crippen MR) is 155 cm³/mol. The molecule has 0 bridgehead atoms. The summed E-state index contributed by atoms with van der Waals surface area (Å²) in [5, 5.41) is 13.8. The molecule has 1 aromatic heterocycles. The number of likely N-dealkylation sites (tertiary alicyclic amines) is 1. The number of aliphatic hydroxyl groups is 1. The number of halogens is 1. The lowest BCUT2D eigenvalue weighted by molar-refractivity contribution is -0.115. The van der Waals surface area contributed by atoms with E-state index in [2.05, 4.69) is 27.3 Å². The predicted octanol–water partition coefficient (Wildman–Crippen LogP) is 5.25. The van der Waals surface area contributed by atoms with E-state index in [1.54, 1.807) is 46.2 Å². The van der Waals surface area contributed by atoms with Gasteiger partial charge in [0.1, 0.15) is 11.6 Å². The van der Waals surface area contributed by atoms with Crippen LogP contribution in [0.4, 0.5) is 10.1 Å². The molecule has 1 fully saturated rings. The number of aryl methyl sites for hydroxylation is 1. The first kappa shape index (κ1) is 28.5. The van der Waals surface area contributed by atoms with Crippen LogP contribution in [0.3, 0.4) is 0 Å². The van der Waals surface area contributed by atoms with Crippen LogP contribution >= 0.6 is 0 Å². The Morgan fingerprint density at radius 2 is 2.00 bits per heavy atom. The lowest BCUT2D eigenvalue weighted by Crippen LogP contribution is -2.47. The van der Waals surface area contributed by atoms with Crippen molar-refractivity contribution >= 4 is 11.6 Å². The van der Waals surface area contributed by atoms with Crippen LogP contribution in [0.2, 0.25) is 0 Å². The number of carbonyl (C=O) groups excluding carboxylic acids is 1. The zero-order valence-electron chi connectivity index (χ0n) is 24.2. The Bertz CT molecular complexity index is 1380. The van der Waals surface area contributed by atoms with Crippen molar-refractivity contribution in [3.8, 4) is 11.4 Å². The fourth-order valence-corrected chi connectivity index (χ4v) is 6.40. The van der Waals surface area contributed by atoms with E-state index in [1.165, 1.54) is 11.1 Å². The van der Waals surface area contributed by atoms with E-state index >= 15 is 4.39 Å². The summed E-state index contributed by atoms with van der Waals surface area (Å²) in [6.07, 6.45) is 6.88. The summed E-state index contributed by atoms with van der Waals surface area (Å²) >= 11 is 0. The summed E-state index contributed by atoms with van der Waals surface area (Å²) in [5.41, 5.74) is 3.74. The van der Waals surface area contributed by atoms with Gasteiger partial charge in [0.05, 0.1) is 23.3 Å². The smallest absolute Gasteiger partial charge is 0.224 e. The molecule has 2 aromatic carbocycles. The molecule has 214 valence electrons. The average molecular weight is 549 g/mol. The van der Waals surface area contributed by atoms with Gasteiger partial charge >= 0.3 is 0 Å². The number of fused-ring (bicyclic) bond motifs is 1. The summed E-state index contributed by atoms with van der Waals surface area (Å²) in [6, 6.07) is 9.78. The third-order valence-corrected chi connectivity index (χ3v) is 8.50. The number of piperidine rings is 1. The van der Waals surface area contributed by atoms with Crippen molar-refractivity contribution in [1.29, 1.82) is 0 Å². The van der Waals surface area contributed by atoms with Gasteiger partial charge < -0.3 is 24.6 Å². The van der Waals surface area contributed by atoms with Crippen LogP contribution in [0.15, 0.2) is 42.7 Å². The van der Waals surface area contributed by atoms with Crippen LogP contribution in [-0.4, -0.2) is 58.3 Å². The molecule has 2 N–H and O–H groups in total.